The first-order valence-electron chi connectivity index (χ1n) is 22.3. The summed E-state index contributed by atoms with van der Waals surface area (Å²) >= 11 is 3.27. The number of fused-ring (bicyclic) bond motifs is 3. The van der Waals surface area contributed by atoms with E-state index < -0.39 is 0 Å². The molecule has 0 saturated carbocycles. The molecule has 0 heterocycles. The van der Waals surface area contributed by atoms with E-state index in [1.165, 1.54) is 34.2 Å². The van der Waals surface area contributed by atoms with Crippen LogP contribution in [0, 0.1) is 0 Å². The van der Waals surface area contributed by atoms with Gasteiger partial charge in [-0.15, -0.1) is 0 Å². The molecule has 0 aromatic heterocycles. The summed E-state index contributed by atoms with van der Waals surface area (Å²) in [6.07, 6.45) is 33.5. The van der Waals surface area contributed by atoms with E-state index in [0.717, 1.165) is 39.7 Å². The minimum absolute atomic E-state index is 0.186. The number of hydrogen-bond donors (Lipinski definition) is 0. The molecule has 0 bridgehead atoms. The molecule has 0 unspecified atom stereocenters. The van der Waals surface area contributed by atoms with E-state index in [0.29, 0.717) is 4.83 Å². The van der Waals surface area contributed by atoms with Crippen LogP contribution in [0.4, 0.5) is 11.4 Å². The summed E-state index contributed by atoms with van der Waals surface area (Å²) in [7, 11) is 0. The second kappa shape index (κ2) is 31.5. The molecular formula is C59H79BrN2. The van der Waals surface area contributed by atoms with Crippen molar-refractivity contribution in [3.8, 4) is 11.1 Å². The molecule has 1 aliphatic rings. The second-order valence-electron chi connectivity index (χ2n) is 14.4. The Morgan fingerprint density at radius 3 is 1.53 bits per heavy atom. The Labute approximate surface area is 389 Å². The molecule has 3 heteroatoms. The normalized spacial score (nSPS) is 13.2. The fraction of sp³-hybridized carbons (Fsp3) is 0.288. The van der Waals surface area contributed by atoms with Gasteiger partial charge >= 0.3 is 0 Å². The van der Waals surface area contributed by atoms with Gasteiger partial charge < -0.3 is 9.80 Å². The molecule has 0 saturated heterocycles. The fourth-order valence-corrected chi connectivity index (χ4v) is 6.53. The third-order valence-corrected chi connectivity index (χ3v) is 9.09. The van der Waals surface area contributed by atoms with Gasteiger partial charge in [-0.3, -0.25) is 0 Å². The van der Waals surface area contributed by atoms with Crippen molar-refractivity contribution in [1.29, 1.82) is 0 Å². The lowest BCUT2D eigenvalue weighted by atomic mass is 9.81. The standard InChI is InChI=1S/C49H52N2.C3H7Br.C3H8.2C2H6/c1-11-19-23-41(17-7)51(42(18-8)24-20-12-2)44-32-34-46-45-33-29-38(35-47(45)49(9,10)48(46)36-44)26-25-37-27-30-43(31-28-37)50(39(15-5)21-13-3)40(16-6)22-14-4;1-3(2)4;1-3-2;2*1-2/h11-36H,1,3,5,8H2,2,4,6-7,9-10H3;3H,1-2H3;3H2,1-2H3;2*1-2H3/b20-12-,22-14-,23-19-,26-25+,39-21+,40-16+,41-17+,42-24+;;;;. The van der Waals surface area contributed by atoms with Crippen LogP contribution in [0.1, 0.15) is 126 Å². The highest BCUT2D eigenvalue weighted by Gasteiger charge is 2.36. The predicted octanol–water partition coefficient (Wildman–Crippen LogP) is 19.1. The Morgan fingerprint density at radius 2 is 1.05 bits per heavy atom. The Morgan fingerprint density at radius 1 is 0.597 bits per heavy atom. The topological polar surface area (TPSA) is 6.48 Å². The van der Waals surface area contributed by atoms with Crippen LogP contribution in [0.3, 0.4) is 0 Å². The van der Waals surface area contributed by atoms with Crippen molar-refractivity contribution in [3.05, 3.63) is 217 Å². The van der Waals surface area contributed by atoms with Gasteiger partial charge in [0.15, 0.2) is 0 Å². The molecule has 0 N–H and O–H groups in total. The third kappa shape index (κ3) is 16.5. The summed E-state index contributed by atoms with van der Waals surface area (Å²) < 4.78 is 0. The van der Waals surface area contributed by atoms with E-state index in [2.05, 4.69) is 204 Å². The van der Waals surface area contributed by atoms with Crippen LogP contribution in [0.5, 0.6) is 0 Å². The molecule has 4 rings (SSSR count). The lowest BCUT2D eigenvalue weighted by Crippen LogP contribution is -2.21. The van der Waals surface area contributed by atoms with Gasteiger partial charge in [-0.1, -0.05) is 215 Å². The van der Waals surface area contributed by atoms with Crippen LogP contribution >= 0.6 is 15.9 Å². The van der Waals surface area contributed by atoms with E-state index in [1.54, 1.807) is 12.2 Å². The summed E-state index contributed by atoms with van der Waals surface area (Å²) in [5.74, 6) is 0. The number of allylic oxidation sites excluding steroid dienone is 14. The van der Waals surface area contributed by atoms with E-state index in [4.69, 9.17) is 0 Å². The zero-order chi connectivity index (χ0) is 47.3. The predicted molar refractivity (Wildman–Crippen MR) is 290 cm³/mol. The zero-order valence-corrected chi connectivity index (χ0v) is 42.5. The van der Waals surface area contributed by atoms with E-state index in [-0.39, 0.29) is 5.41 Å². The number of alkyl halides is 1. The highest BCUT2D eigenvalue weighted by atomic mass is 79.9. The van der Waals surface area contributed by atoms with Gasteiger partial charge in [0.2, 0.25) is 0 Å². The minimum atomic E-state index is -0.186. The molecule has 332 valence electrons. The van der Waals surface area contributed by atoms with E-state index in [9.17, 15) is 0 Å². The Hall–Kier alpha value is -5.38. The average Bonchev–Trinajstić information content (AvgIpc) is 3.50. The van der Waals surface area contributed by atoms with Gasteiger partial charge in [0, 0.05) is 44.4 Å². The molecule has 0 radical (unpaired) electrons. The van der Waals surface area contributed by atoms with Crippen LogP contribution < -0.4 is 9.80 Å². The maximum absolute atomic E-state index is 4.15. The van der Waals surface area contributed by atoms with Crippen LogP contribution in [0.25, 0.3) is 23.3 Å². The number of benzene rings is 3. The Balaban J connectivity index is 0.00000307. The first kappa shape index (κ1) is 56.6. The number of anilines is 2. The van der Waals surface area contributed by atoms with E-state index >= 15 is 0 Å². The molecule has 1 aliphatic carbocycles. The van der Waals surface area contributed by atoms with Gasteiger partial charge in [0.1, 0.15) is 0 Å². The van der Waals surface area contributed by atoms with Crippen LogP contribution in [0.15, 0.2) is 195 Å². The molecule has 62 heavy (non-hydrogen) atoms. The number of nitrogens with zero attached hydrogens (tertiary/aromatic N) is 2. The van der Waals surface area contributed by atoms with Crippen molar-refractivity contribution in [1.82, 2.24) is 0 Å². The quantitative estimate of drug-likeness (QED) is 0.0852. The second-order valence-corrected chi connectivity index (χ2v) is 16.2. The number of hydrogen-bond acceptors (Lipinski definition) is 2. The van der Waals surface area contributed by atoms with Gasteiger partial charge in [-0.2, -0.15) is 0 Å². The molecule has 0 spiro atoms. The lowest BCUT2D eigenvalue weighted by Gasteiger charge is -2.29. The third-order valence-electron chi connectivity index (χ3n) is 9.09. The number of rotatable bonds is 15. The summed E-state index contributed by atoms with van der Waals surface area (Å²) in [6.45, 7) is 45.2. The smallest absolute Gasteiger partial charge is 0.0464 e. The summed E-state index contributed by atoms with van der Waals surface area (Å²) in [5.41, 5.74) is 13.5. The maximum atomic E-state index is 4.15. The molecular weight excluding hydrogens is 817 g/mol. The molecule has 3 aromatic rings. The summed E-state index contributed by atoms with van der Waals surface area (Å²) in [4.78, 5) is 5.08. The largest absolute Gasteiger partial charge is 0.311 e. The fourth-order valence-electron chi connectivity index (χ4n) is 6.53. The highest BCUT2D eigenvalue weighted by molar-refractivity contribution is 9.09. The van der Waals surface area contributed by atoms with Crippen molar-refractivity contribution in [2.75, 3.05) is 9.80 Å². The van der Waals surface area contributed by atoms with Crippen LogP contribution in [-0.4, -0.2) is 4.83 Å². The van der Waals surface area contributed by atoms with Crippen molar-refractivity contribution in [2.24, 2.45) is 0 Å². The van der Waals surface area contributed by atoms with Crippen molar-refractivity contribution < 1.29 is 0 Å². The first-order chi connectivity index (χ1) is 29.9. The molecule has 0 fully saturated rings. The van der Waals surface area contributed by atoms with Crippen LogP contribution in [-0.2, 0) is 5.41 Å². The van der Waals surface area contributed by atoms with E-state index in [1.807, 2.05) is 91.0 Å². The van der Waals surface area contributed by atoms with Crippen LogP contribution in [0.2, 0.25) is 0 Å². The number of halogens is 1. The zero-order valence-electron chi connectivity index (χ0n) is 40.9. The molecule has 0 atom stereocenters. The molecule has 0 amide bonds. The maximum Gasteiger partial charge on any atom is 0.0464 e. The minimum Gasteiger partial charge on any atom is -0.311 e. The van der Waals surface area contributed by atoms with Gasteiger partial charge in [-0.05, 0) is 122 Å². The van der Waals surface area contributed by atoms with Crippen molar-refractivity contribution in [3.63, 3.8) is 0 Å². The highest BCUT2D eigenvalue weighted by Crippen LogP contribution is 2.50. The van der Waals surface area contributed by atoms with Gasteiger partial charge in [0.25, 0.3) is 0 Å². The van der Waals surface area contributed by atoms with Gasteiger partial charge in [0.05, 0.1) is 0 Å². The summed E-state index contributed by atoms with van der Waals surface area (Å²) in [5, 5.41) is 0. The lowest BCUT2D eigenvalue weighted by molar-refractivity contribution is 0.660. The van der Waals surface area contributed by atoms with Crippen molar-refractivity contribution >= 4 is 39.5 Å². The molecule has 0 aliphatic heterocycles. The average molecular weight is 896 g/mol. The SMILES string of the molecule is C=C/C=C\C(=C/C)N(/C(C=C)=C/C=C\C)c1ccc2c(c1)C(C)(C)c1cc(/C=C/c3ccc(N(/C(C=C)=C/C=C)C(/C=C\C)=C/C)cc3)ccc1-2.CC.CC.CC(C)Br.CCC. The first-order valence-corrected chi connectivity index (χ1v) is 23.3. The Kier molecular flexibility index (Phi) is 28.7. The monoisotopic (exact) mass is 895 g/mol. The van der Waals surface area contributed by atoms with Crippen molar-refractivity contribution in [2.45, 2.75) is 114 Å². The molecule has 2 nitrogen and oxygen atoms in total. The Bertz CT molecular complexity index is 2080. The van der Waals surface area contributed by atoms with Gasteiger partial charge in [-0.25, -0.2) is 0 Å². The molecule has 3 aromatic carbocycles. The summed E-state index contributed by atoms with van der Waals surface area (Å²) in [6, 6.07) is 22.3.